The molecule has 1 N–H and O–H groups in total. The van der Waals surface area contributed by atoms with Crippen molar-refractivity contribution in [1.29, 1.82) is 0 Å². The first-order valence-electron chi connectivity index (χ1n) is 9.81. The minimum absolute atomic E-state index is 0.0183. The van der Waals surface area contributed by atoms with E-state index in [1.165, 1.54) is 0 Å². The molecule has 0 aliphatic carbocycles. The van der Waals surface area contributed by atoms with E-state index in [-0.39, 0.29) is 31.5 Å². The van der Waals surface area contributed by atoms with E-state index in [2.05, 4.69) is 10.3 Å². The molecule has 0 aromatic carbocycles. The van der Waals surface area contributed by atoms with Crippen molar-refractivity contribution in [2.24, 2.45) is 10.9 Å². The van der Waals surface area contributed by atoms with Crippen molar-refractivity contribution < 1.29 is 26.4 Å². The Hall–Kier alpha value is -1.56. The van der Waals surface area contributed by atoms with E-state index < -0.39 is 15.5 Å². The van der Waals surface area contributed by atoms with Crippen molar-refractivity contribution in [1.82, 2.24) is 19.4 Å². The summed E-state index contributed by atoms with van der Waals surface area (Å²) in [7, 11) is -3.52. The second kappa shape index (κ2) is 11.0. The van der Waals surface area contributed by atoms with E-state index in [4.69, 9.17) is 0 Å². The third kappa shape index (κ3) is 7.02. The van der Waals surface area contributed by atoms with Gasteiger partial charge in [-0.2, -0.15) is 17.5 Å². The number of likely N-dealkylation sites (N-methyl/N-ethyl adjacent to an activating group) is 2. The summed E-state index contributed by atoms with van der Waals surface area (Å²) in [5.41, 5.74) is -5.27. The van der Waals surface area contributed by atoms with Crippen molar-refractivity contribution in [2.45, 2.75) is 39.1 Å². The molecule has 0 unspecified atom stereocenters. The van der Waals surface area contributed by atoms with Crippen molar-refractivity contribution in [3.8, 4) is 0 Å². The molecule has 1 fully saturated rings. The molecule has 0 atom stereocenters. The van der Waals surface area contributed by atoms with E-state index in [1.54, 1.807) is 16.8 Å². The first-order valence-corrected chi connectivity index (χ1v) is 11.2. The average molecular weight is 444 g/mol. The van der Waals surface area contributed by atoms with Gasteiger partial charge in [0.1, 0.15) is 0 Å². The quantitative estimate of drug-likeness (QED) is 0.452. The maximum atomic E-state index is 12.7. The van der Waals surface area contributed by atoms with Gasteiger partial charge in [0.15, 0.2) is 5.96 Å². The third-order valence-electron chi connectivity index (χ3n) is 4.89. The van der Waals surface area contributed by atoms with Gasteiger partial charge in [-0.3, -0.25) is 9.79 Å². The molecule has 29 heavy (non-hydrogen) atoms. The van der Waals surface area contributed by atoms with Crippen molar-refractivity contribution in [3.05, 3.63) is 0 Å². The van der Waals surface area contributed by atoms with Crippen LogP contribution in [-0.4, -0.2) is 92.8 Å². The maximum absolute atomic E-state index is 12.7. The Bertz CT molecular complexity index is 658. The second-order valence-electron chi connectivity index (χ2n) is 6.91. The normalized spacial score (nSPS) is 17.3. The lowest BCUT2D eigenvalue weighted by molar-refractivity contribution is -0.131. The minimum atomic E-state index is -5.27. The largest absolute Gasteiger partial charge is 0.511 e. The molecule has 1 heterocycles. The third-order valence-corrected chi connectivity index (χ3v) is 6.52. The average Bonchev–Trinajstić information content (AvgIpc) is 2.65. The lowest BCUT2D eigenvalue weighted by Crippen LogP contribution is -2.46. The van der Waals surface area contributed by atoms with Gasteiger partial charge >= 0.3 is 15.5 Å². The number of carbonyl (C=O) groups excluding carboxylic acids is 1. The summed E-state index contributed by atoms with van der Waals surface area (Å²) in [6.45, 7) is 7.73. The van der Waals surface area contributed by atoms with Gasteiger partial charge in [0.25, 0.3) is 0 Å². The Morgan fingerprint density at radius 3 is 2.17 bits per heavy atom. The first-order chi connectivity index (χ1) is 13.5. The summed E-state index contributed by atoms with van der Waals surface area (Å²) >= 11 is 0. The van der Waals surface area contributed by atoms with E-state index in [0.29, 0.717) is 49.3 Å². The Morgan fingerprint density at radius 2 is 1.72 bits per heavy atom. The Balaban J connectivity index is 2.68. The van der Waals surface area contributed by atoms with Crippen LogP contribution in [0.1, 0.15) is 33.6 Å². The highest BCUT2D eigenvalue weighted by Crippen LogP contribution is 2.30. The molecule has 170 valence electrons. The fraction of sp³-hybridized carbons (Fsp3) is 0.882. The summed E-state index contributed by atoms with van der Waals surface area (Å²) in [6.07, 6.45) is 0.612. The first kappa shape index (κ1) is 25.5. The standard InChI is InChI=1S/C17H32F3N5O3S/c1-5-21-16(23(4)13-15(26)24(6-2)7-3)22-12-14-8-10-25(11-9-14)29(27,28)17(18,19)20/h14H,5-13H2,1-4H3,(H,21,22). The van der Waals surface area contributed by atoms with Gasteiger partial charge in [0.2, 0.25) is 5.91 Å². The Labute approximate surface area is 171 Å². The minimum Gasteiger partial charge on any atom is -0.357 e. The molecule has 0 bridgehead atoms. The van der Waals surface area contributed by atoms with Gasteiger partial charge < -0.3 is 15.1 Å². The summed E-state index contributed by atoms with van der Waals surface area (Å²) in [6, 6.07) is 0. The van der Waals surface area contributed by atoms with Crippen molar-refractivity contribution in [3.63, 3.8) is 0 Å². The number of sulfonamides is 1. The summed E-state index contributed by atoms with van der Waals surface area (Å²) in [4.78, 5) is 20.2. The van der Waals surface area contributed by atoms with Gasteiger partial charge in [0, 0.05) is 46.3 Å². The molecule has 0 aromatic rings. The van der Waals surface area contributed by atoms with Crippen molar-refractivity contribution >= 4 is 21.9 Å². The molecule has 1 amide bonds. The fourth-order valence-corrected chi connectivity index (χ4v) is 4.10. The highest BCUT2D eigenvalue weighted by atomic mass is 32.2. The molecule has 8 nitrogen and oxygen atoms in total. The number of halogens is 3. The second-order valence-corrected chi connectivity index (χ2v) is 8.84. The van der Waals surface area contributed by atoms with Crippen LogP contribution in [0.2, 0.25) is 0 Å². The molecule has 1 aliphatic rings. The van der Waals surface area contributed by atoms with Gasteiger partial charge in [0.05, 0.1) is 6.54 Å². The van der Waals surface area contributed by atoms with Crippen LogP contribution in [-0.2, 0) is 14.8 Å². The van der Waals surface area contributed by atoms with Gasteiger partial charge in [-0.25, -0.2) is 8.42 Å². The smallest absolute Gasteiger partial charge is 0.357 e. The number of aliphatic imine (C=N–C) groups is 1. The summed E-state index contributed by atoms with van der Waals surface area (Å²) in [5, 5.41) is 3.11. The molecule has 1 saturated heterocycles. The molecular weight excluding hydrogens is 411 g/mol. The number of alkyl halides is 3. The molecule has 12 heteroatoms. The molecular formula is C17H32F3N5O3S. The number of guanidine groups is 1. The number of piperidine rings is 1. The molecule has 0 spiro atoms. The lowest BCUT2D eigenvalue weighted by Gasteiger charge is -2.31. The van der Waals surface area contributed by atoms with Crippen LogP contribution < -0.4 is 5.32 Å². The SMILES string of the molecule is CCNC(=NCC1CCN(S(=O)(=O)C(F)(F)F)CC1)N(C)CC(=O)N(CC)CC. The van der Waals surface area contributed by atoms with E-state index in [1.807, 2.05) is 20.8 Å². The number of rotatable bonds is 8. The number of hydrogen-bond acceptors (Lipinski definition) is 4. The van der Waals surface area contributed by atoms with Crippen LogP contribution in [0.25, 0.3) is 0 Å². The predicted molar refractivity (Wildman–Crippen MR) is 106 cm³/mol. The van der Waals surface area contributed by atoms with Crippen LogP contribution in [0, 0.1) is 5.92 Å². The lowest BCUT2D eigenvalue weighted by atomic mass is 9.98. The van der Waals surface area contributed by atoms with Crippen LogP contribution in [0.15, 0.2) is 4.99 Å². The summed E-state index contributed by atoms with van der Waals surface area (Å²) in [5.74, 6) is 0.502. The Morgan fingerprint density at radius 1 is 1.17 bits per heavy atom. The molecule has 0 radical (unpaired) electrons. The number of hydrogen-bond donors (Lipinski definition) is 1. The number of nitrogens with one attached hydrogen (secondary N) is 1. The maximum Gasteiger partial charge on any atom is 0.511 e. The van der Waals surface area contributed by atoms with Gasteiger partial charge in [-0.1, -0.05) is 0 Å². The van der Waals surface area contributed by atoms with Crippen molar-refractivity contribution in [2.75, 3.05) is 52.9 Å². The van der Waals surface area contributed by atoms with E-state index in [9.17, 15) is 26.4 Å². The highest BCUT2D eigenvalue weighted by Gasteiger charge is 2.50. The number of carbonyl (C=O) groups is 1. The summed E-state index contributed by atoms with van der Waals surface area (Å²) < 4.78 is 61.4. The molecule has 1 rings (SSSR count). The van der Waals surface area contributed by atoms with E-state index in [0.717, 1.165) is 0 Å². The Kier molecular flexibility index (Phi) is 9.66. The number of nitrogens with zero attached hydrogens (tertiary/aromatic N) is 4. The molecule has 0 aromatic heterocycles. The van der Waals surface area contributed by atoms with Crippen LogP contribution >= 0.6 is 0 Å². The van der Waals surface area contributed by atoms with E-state index >= 15 is 0 Å². The van der Waals surface area contributed by atoms with Crippen LogP contribution in [0.5, 0.6) is 0 Å². The number of amides is 1. The zero-order chi connectivity index (χ0) is 22.2. The zero-order valence-electron chi connectivity index (χ0n) is 17.5. The van der Waals surface area contributed by atoms with Crippen LogP contribution in [0.3, 0.4) is 0 Å². The van der Waals surface area contributed by atoms with Gasteiger partial charge in [-0.15, -0.1) is 0 Å². The van der Waals surface area contributed by atoms with Crippen LogP contribution in [0.4, 0.5) is 13.2 Å². The molecule has 0 saturated carbocycles. The monoisotopic (exact) mass is 443 g/mol. The predicted octanol–water partition coefficient (Wildman–Crippen LogP) is 1.31. The topological polar surface area (TPSA) is 85.3 Å². The fourth-order valence-electron chi connectivity index (χ4n) is 3.12. The molecule has 1 aliphatic heterocycles. The highest BCUT2D eigenvalue weighted by molar-refractivity contribution is 7.90. The van der Waals surface area contributed by atoms with Gasteiger partial charge in [-0.05, 0) is 39.5 Å². The zero-order valence-corrected chi connectivity index (χ0v) is 18.3.